The molecule has 0 unspecified atom stereocenters. The number of amides is 1. The van der Waals surface area contributed by atoms with Gasteiger partial charge >= 0.3 is 0 Å². The number of carbonyl (C=O) groups excluding carboxylic acids is 1. The fourth-order valence-corrected chi connectivity index (χ4v) is 3.40. The smallest absolute Gasteiger partial charge is 0.289 e. The van der Waals surface area contributed by atoms with Gasteiger partial charge in [0.1, 0.15) is 0 Å². The zero-order chi connectivity index (χ0) is 17.5. The predicted molar refractivity (Wildman–Crippen MR) is 98.3 cm³/mol. The summed E-state index contributed by atoms with van der Waals surface area (Å²) in [4.78, 5) is 19.0. The summed E-state index contributed by atoms with van der Waals surface area (Å²) in [6.07, 6.45) is 0. The van der Waals surface area contributed by atoms with Gasteiger partial charge < -0.3 is 9.32 Å². The molecule has 2 aromatic heterocycles. The Balaban J connectivity index is 1.86. The normalized spacial score (nSPS) is 13.2. The summed E-state index contributed by atoms with van der Waals surface area (Å²) in [7, 11) is 1.82. The predicted octanol–water partition coefficient (Wildman–Crippen LogP) is 5.06. The molecule has 0 aliphatic rings. The molecule has 0 aliphatic heterocycles. The average Bonchev–Trinajstić information content (AvgIpc) is 3.17. The Labute approximate surface area is 146 Å². The van der Waals surface area contributed by atoms with E-state index in [0.29, 0.717) is 11.5 Å². The highest BCUT2D eigenvalue weighted by molar-refractivity contribution is 7.21. The molecule has 0 fully saturated rings. The Morgan fingerprint density at radius 2 is 1.92 bits per heavy atom. The molecule has 0 spiro atoms. The van der Waals surface area contributed by atoms with Gasteiger partial charge in [0.2, 0.25) is 0 Å². The van der Waals surface area contributed by atoms with Crippen molar-refractivity contribution >= 4 is 27.5 Å². The second-order valence-electron chi connectivity index (χ2n) is 7.11. The minimum Gasteiger partial charge on any atom is -0.448 e. The van der Waals surface area contributed by atoms with E-state index in [1.807, 2.05) is 37.4 Å². The third-order valence-electron chi connectivity index (χ3n) is 4.48. The van der Waals surface area contributed by atoms with Crippen LogP contribution >= 0.6 is 11.3 Å². The zero-order valence-electron chi connectivity index (χ0n) is 14.7. The Morgan fingerprint density at radius 1 is 1.21 bits per heavy atom. The molecule has 0 radical (unpaired) electrons. The van der Waals surface area contributed by atoms with Gasteiger partial charge in [-0.25, -0.2) is 4.98 Å². The van der Waals surface area contributed by atoms with Gasteiger partial charge in [0.05, 0.1) is 10.2 Å². The number of carbonyl (C=O) groups is 1. The average molecular weight is 342 g/mol. The molecular formula is C19H22N2O2S. The van der Waals surface area contributed by atoms with Crippen molar-refractivity contribution in [3.8, 4) is 10.8 Å². The molecule has 3 rings (SSSR count). The van der Waals surface area contributed by atoms with Crippen LogP contribution in [0, 0.1) is 5.41 Å². The summed E-state index contributed by atoms with van der Waals surface area (Å²) in [6.45, 7) is 8.41. The van der Waals surface area contributed by atoms with Crippen LogP contribution in [0.3, 0.4) is 0 Å². The van der Waals surface area contributed by atoms with Gasteiger partial charge in [-0.05, 0) is 36.6 Å². The van der Waals surface area contributed by atoms with Crippen molar-refractivity contribution in [1.29, 1.82) is 0 Å². The second kappa shape index (κ2) is 6.06. The number of hydrogen-bond donors (Lipinski definition) is 0. The van der Waals surface area contributed by atoms with E-state index in [-0.39, 0.29) is 17.4 Å². The lowest BCUT2D eigenvalue weighted by molar-refractivity contribution is 0.0598. The third kappa shape index (κ3) is 3.08. The molecule has 126 valence electrons. The maximum Gasteiger partial charge on any atom is 0.289 e. The number of para-hydroxylation sites is 1. The Morgan fingerprint density at radius 3 is 2.58 bits per heavy atom. The highest BCUT2D eigenvalue weighted by Gasteiger charge is 2.29. The van der Waals surface area contributed by atoms with Crippen molar-refractivity contribution in [2.45, 2.75) is 33.7 Å². The van der Waals surface area contributed by atoms with Crippen LogP contribution in [0.15, 0.2) is 40.8 Å². The van der Waals surface area contributed by atoms with Crippen LogP contribution in [-0.2, 0) is 0 Å². The number of fused-ring (bicyclic) bond motifs is 1. The van der Waals surface area contributed by atoms with E-state index in [9.17, 15) is 4.79 Å². The van der Waals surface area contributed by atoms with Crippen molar-refractivity contribution < 1.29 is 9.21 Å². The van der Waals surface area contributed by atoms with Gasteiger partial charge in [-0.1, -0.05) is 32.9 Å². The summed E-state index contributed by atoms with van der Waals surface area (Å²) in [6, 6.07) is 11.6. The molecule has 4 nitrogen and oxygen atoms in total. The Hall–Kier alpha value is -2.14. The first kappa shape index (κ1) is 16.7. The van der Waals surface area contributed by atoms with Gasteiger partial charge in [0.15, 0.2) is 16.5 Å². The molecule has 0 saturated heterocycles. The van der Waals surface area contributed by atoms with E-state index < -0.39 is 0 Å². The quantitative estimate of drug-likeness (QED) is 0.668. The maximum absolute atomic E-state index is 12.7. The number of thiazole rings is 1. The van der Waals surface area contributed by atoms with Gasteiger partial charge in [0.25, 0.3) is 5.91 Å². The molecule has 0 bridgehead atoms. The number of hydrogen-bond acceptors (Lipinski definition) is 4. The fourth-order valence-electron chi connectivity index (χ4n) is 2.48. The number of furan rings is 1. The molecule has 0 aliphatic carbocycles. The topological polar surface area (TPSA) is 46.3 Å². The van der Waals surface area contributed by atoms with Crippen molar-refractivity contribution in [3.63, 3.8) is 0 Å². The standard InChI is InChI=1S/C19H22N2O2S/c1-12(19(2,3)4)21(5)18(22)15-11-10-14(23-15)17-20-13-8-6-7-9-16(13)24-17/h6-12H,1-5H3/t12-/m0/s1. The monoisotopic (exact) mass is 342 g/mol. The van der Waals surface area contributed by atoms with Crippen molar-refractivity contribution in [2.75, 3.05) is 7.05 Å². The third-order valence-corrected chi connectivity index (χ3v) is 5.53. The van der Waals surface area contributed by atoms with E-state index in [4.69, 9.17) is 4.42 Å². The molecular weight excluding hydrogens is 320 g/mol. The Bertz CT molecular complexity index is 840. The number of rotatable bonds is 3. The number of aromatic nitrogens is 1. The van der Waals surface area contributed by atoms with Gasteiger partial charge in [0, 0.05) is 13.1 Å². The zero-order valence-corrected chi connectivity index (χ0v) is 15.5. The van der Waals surface area contributed by atoms with E-state index >= 15 is 0 Å². The largest absolute Gasteiger partial charge is 0.448 e. The lowest BCUT2D eigenvalue weighted by Gasteiger charge is -2.34. The highest BCUT2D eigenvalue weighted by Crippen LogP contribution is 2.32. The maximum atomic E-state index is 12.7. The highest BCUT2D eigenvalue weighted by atomic mass is 32.1. The summed E-state index contributed by atoms with van der Waals surface area (Å²) < 4.78 is 6.91. The van der Waals surface area contributed by atoms with Crippen LogP contribution in [0.25, 0.3) is 21.0 Å². The SMILES string of the molecule is C[C@H](N(C)C(=O)c1ccc(-c2nc3ccccc3s2)o1)C(C)(C)C. The molecule has 2 heterocycles. The van der Waals surface area contributed by atoms with Crippen LogP contribution in [0.5, 0.6) is 0 Å². The van der Waals surface area contributed by atoms with Crippen molar-refractivity contribution in [1.82, 2.24) is 9.88 Å². The lowest BCUT2D eigenvalue weighted by Crippen LogP contribution is -2.42. The van der Waals surface area contributed by atoms with E-state index in [0.717, 1.165) is 15.2 Å². The van der Waals surface area contributed by atoms with Crippen LogP contribution < -0.4 is 0 Å². The minimum absolute atomic E-state index is 0.00681. The first-order chi connectivity index (χ1) is 11.3. The number of benzene rings is 1. The first-order valence-electron chi connectivity index (χ1n) is 8.00. The summed E-state index contributed by atoms with van der Waals surface area (Å²) in [5.41, 5.74) is 0.951. The second-order valence-corrected chi connectivity index (χ2v) is 8.14. The molecule has 1 aromatic carbocycles. The fraction of sp³-hybridized carbons (Fsp3) is 0.368. The summed E-state index contributed by atoms with van der Waals surface area (Å²) in [5.74, 6) is 0.879. The lowest BCUT2D eigenvalue weighted by atomic mass is 9.87. The van der Waals surface area contributed by atoms with Crippen LogP contribution in [0.1, 0.15) is 38.2 Å². The molecule has 0 N–H and O–H groups in total. The Kier molecular flexibility index (Phi) is 4.22. The van der Waals surface area contributed by atoms with E-state index in [1.165, 1.54) is 0 Å². The number of nitrogens with zero attached hydrogens (tertiary/aromatic N) is 2. The van der Waals surface area contributed by atoms with E-state index in [2.05, 4.69) is 32.7 Å². The molecule has 1 atom stereocenters. The molecule has 1 amide bonds. The van der Waals surface area contributed by atoms with Gasteiger partial charge in [-0.15, -0.1) is 11.3 Å². The first-order valence-corrected chi connectivity index (χ1v) is 8.82. The molecule has 24 heavy (non-hydrogen) atoms. The molecule has 0 saturated carbocycles. The molecule has 3 aromatic rings. The minimum atomic E-state index is -0.107. The van der Waals surface area contributed by atoms with Crippen LogP contribution in [0.4, 0.5) is 0 Å². The van der Waals surface area contributed by atoms with E-state index in [1.54, 1.807) is 22.3 Å². The summed E-state index contributed by atoms with van der Waals surface area (Å²) >= 11 is 1.56. The summed E-state index contributed by atoms with van der Waals surface area (Å²) in [5, 5.41) is 0.793. The molecule has 5 heteroatoms. The van der Waals surface area contributed by atoms with Gasteiger partial charge in [-0.3, -0.25) is 4.79 Å². The van der Waals surface area contributed by atoms with Gasteiger partial charge in [-0.2, -0.15) is 0 Å². The van der Waals surface area contributed by atoms with Crippen LogP contribution in [0.2, 0.25) is 0 Å². The van der Waals surface area contributed by atoms with Crippen molar-refractivity contribution in [3.05, 3.63) is 42.2 Å². The van der Waals surface area contributed by atoms with Crippen LogP contribution in [-0.4, -0.2) is 28.9 Å². The van der Waals surface area contributed by atoms with Crippen molar-refractivity contribution in [2.24, 2.45) is 5.41 Å².